The van der Waals surface area contributed by atoms with Crippen LogP contribution >= 0.6 is 23.5 Å². The number of hydrogen-bond donors (Lipinski definition) is 2. The van der Waals surface area contributed by atoms with Gasteiger partial charge in [-0.05, 0) is 119 Å². The lowest BCUT2D eigenvalue weighted by atomic mass is 9.53. The largest absolute Gasteiger partial charge is 0.508 e. The zero-order chi connectivity index (χ0) is 33.8. The molecule has 4 aromatic rings. The Bertz CT molecular complexity index is 1830. The molecule has 3 nitrogen and oxygen atoms in total. The van der Waals surface area contributed by atoms with Gasteiger partial charge in [0.05, 0.1) is 10.00 Å². The summed E-state index contributed by atoms with van der Waals surface area (Å²) in [5.74, 6) is 4.91. The Hall–Kier alpha value is -3.15. The SMILES string of the molecule is C[C@@]12CCc3cc(O)ccc3[C@H]1[C@H](c1ccccc1)C1(CC2)SCCS1.C[C@]12CCC(=O)[C@@H](c3ccccc3)[C@@H]1c1ccc(O)cc1CC2. The van der Waals surface area contributed by atoms with Crippen LogP contribution in [0.2, 0.25) is 0 Å². The van der Waals surface area contributed by atoms with E-state index in [-0.39, 0.29) is 17.3 Å². The normalized spacial score (nSPS) is 31.0. The number of Topliss-reactive ketones (excluding diaryl/α,β-unsaturated/α-hetero) is 1. The van der Waals surface area contributed by atoms with E-state index < -0.39 is 0 Å². The maximum Gasteiger partial charge on any atom is 0.140 e. The second-order valence-electron chi connectivity index (χ2n) is 15.8. The molecule has 4 aromatic carbocycles. The first-order chi connectivity index (χ1) is 23.7. The molecule has 5 heteroatoms. The smallest absolute Gasteiger partial charge is 0.140 e. The van der Waals surface area contributed by atoms with Crippen molar-refractivity contribution in [3.63, 3.8) is 0 Å². The van der Waals surface area contributed by atoms with Gasteiger partial charge in [0.1, 0.15) is 17.3 Å². The van der Waals surface area contributed by atoms with E-state index in [9.17, 15) is 15.0 Å². The molecule has 4 aliphatic carbocycles. The predicted octanol–water partition coefficient (Wildman–Crippen LogP) is 10.8. The van der Waals surface area contributed by atoms with Gasteiger partial charge in [-0.3, -0.25) is 4.79 Å². The van der Waals surface area contributed by atoms with Crippen molar-refractivity contribution >= 4 is 29.3 Å². The minimum Gasteiger partial charge on any atom is -0.508 e. The van der Waals surface area contributed by atoms with Crippen LogP contribution in [0.3, 0.4) is 0 Å². The van der Waals surface area contributed by atoms with Crippen molar-refractivity contribution in [2.45, 2.75) is 93.0 Å². The maximum atomic E-state index is 12.8. The van der Waals surface area contributed by atoms with E-state index in [4.69, 9.17) is 0 Å². The fourth-order valence-corrected chi connectivity index (χ4v) is 14.0. The molecule has 49 heavy (non-hydrogen) atoms. The number of phenols is 2. The molecule has 0 bridgehead atoms. The molecule has 3 fully saturated rings. The van der Waals surface area contributed by atoms with E-state index in [0.29, 0.717) is 45.0 Å². The molecule has 2 N–H and O–H groups in total. The highest BCUT2D eigenvalue weighted by molar-refractivity contribution is 8.21. The maximum absolute atomic E-state index is 12.8. The van der Waals surface area contributed by atoms with Gasteiger partial charge in [-0.25, -0.2) is 0 Å². The number of carbonyl (C=O) groups is 1. The first-order valence-corrected chi connectivity index (χ1v) is 20.2. The average Bonchev–Trinajstić information content (AvgIpc) is 3.59. The number of aromatic hydroxyl groups is 2. The number of rotatable bonds is 2. The molecule has 1 heterocycles. The number of thioether (sulfide) groups is 2. The average molecular weight is 689 g/mol. The van der Waals surface area contributed by atoms with Gasteiger partial charge in [0, 0.05) is 29.8 Å². The summed E-state index contributed by atoms with van der Waals surface area (Å²) in [5.41, 5.74) is 8.51. The third kappa shape index (κ3) is 5.83. The monoisotopic (exact) mass is 688 g/mol. The van der Waals surface area contributed by atoms with Crippen LogP contribution in [0.5, 0.6) is 11.5 Å². The highest BCUT2D eigenvalue weighted by Gasteiger charge is 2.58. The van der Waals surface area contributed by atoms with E-state index in [1.165, 1.54) is 58.6 Å². The summed E-state index contributed by atoms with van der Waals surface area (Å²) < 4.78 is 0.317. The topological polar surface area (TPSA) is 57.5 Å². The highest BCUT2D eigenvalue weighted by atomic mass is 32.2. The second-order valence-corrected chi connectivity index (χ2v) is 18.9. The molecule has 1 saturated heterocycles. The predicted molar refractivity (Wildman–Crippen MR) is 204 cm³/mol. The zero-order valence-electron chi connectivity index (χ0n) is 28.7. The lowest BCUT2D eigenvalue weighted by Crippen LogP contribution is -2.47. The van der Waals surface area contributed by atoms with Gasteiger partial charge in [0.2, 0.25) is 0 Å². The van der Waals surface area contributed by atoms with E-state index >= 15 is 0 Å². The summed E-state index contributed by atoms with van der Waals surface area (Å²) in [6.45, 7) is 4.87. The van der Waals surface area contributed by atoms with E-state index in [0.717, 1.165) is 31.2 Å². The molecule has 6 atom stereocenters. The summed E-state index contributed by atoms with van der Waals surface area (Å²) >= 11 is 4.43. The summed E-state index contributed by atoms with van der Waals surface area (Å²) in [6, 6.07) is 33.3. The van der Waals surface area contributed by atoms with Gasteiger partial charge in [0.15, 0.2) is 0 Å². The van der Waals surface area contributed by atoms with E-state index in [1.54, 1.807) is 6.07 Å². The zero-order valence-corrected chi connectivity index (χ0v) is 30.4. The number of aryl methyl sites for hydroxylation is 2. The molecule has 254 valence electrons. The van der Waals surface area contributed by atoms with Gasteiger partial charge >= 0.3 is 0 Å². The van der Waals surface area contributed by atoms with Gasteiger partial charge in [-0.1, -0.05) is 86.6 Å². The summed E-state index contributed by atoms with van der Waals surface area (Å²) in [4.78, 5) is 12.8. The van der Waals surface area contributed by atoms with Crippen molar-refractivity contribution in [1.29, 1.82) is 0 Å². The Labute approximate surface area is 300 Å². The first kappa shape index (κ1) is 33.0. The fraction of sp³-hybridized carbons (Fsp3) is 0.432. The summed E-state index contributed by atoms with van der Waals surface area (Å²) in [5, 5.41) is 19.8. The minimum atomic E-state index is -0.0569. The van der Waals surface area contributed by atoms with Gasteiger partial charge in [0.25, 0.3) is 0 Å². The van der Waals surface area contributed by atoms with Crippen molar-refractivity contribution in [2.24, 2.45) is 10.8 Å². The van der Waals surface area contributed by atoms with Crippen LogP contribution in [-0.2, 0) is 17.6 Å². The third-order valence-corrected chi connectivity index (χ3v) is 16.6. The number of phenolic OH excluding ortho intramolecular Hbond substituents is 2. The molecule has 9 rings (SSSR count). The molecule has 1 aliphatic heterocycles. The number of ketones is 1. The van der Waals surface area contributed by atoms with E-state index in [2.05, 4.69) is 85.9 Å². The standard InChI is InChI=1S/C23H26OS2.C21H22O2/c1-22-10-9-17-15-18(24)7-8-19(17)21(22)20(16-5-3-2-4-6-16)23(12-11-22)25-13-14-26-23;1-21-11-9-15-13-16(22)7-8-17(15)20(21)19(18(23)10-12-21)14-5-3-2-4-6-14/h2-8,15,20-21,24H,9-14H2,1H3;2-8,13,19-20,22H,9-12H2,1H3/t20-,21-,22-;19-,20+,21+/m01/s1. The minimum absolute atomic E-state index is 0.0569. The second kappa shape index (κ2) is 12.9. The van der Waals surface area contributed by atoms with Crippen molar-refractivity contribution in [3.05, 3.63) is 130 Å². The Kier molecular flexibility index (Phi) is 8.67. The number of hydrogen-bond acceptors (Lipinski definition) is 5. The van der Waals surface area contributed by atoms with Crippen molar-refractivity contribution < 1.29 is 15.0 Å². The van der Waals surface area contributed by atoms with Crippen LogP contribution < -0.4 is 0 Å². The van der Waals surface area contributed by atoms with Crippen LogP contribution in [0.4, 0.5) is 0 Å². The summed E-state index contributed by atoms with van der Waals surface area (Å²) in [7, 11) is 0. The molecule has 1 spiro atoms. The van der Waals surface area contributed by atoms with Crippen LogP contribution in [0.25, 0.3) is 0 Å². The Balaban J connectivity index is 0.000000143. The number of benzene rings is 4. The van der Waals surface area contributed by atoms with Crippen LogP contribution in [0.1, 0.15) is 109 Å². The molecular formula is C44H48O3S2. The van der Waals surface area contributed by atoms with Gasteiger partial charge in [-0.15, -0.1) is 23.5 Å². The molecule has 0 amide bonds. The Morgan fingerprint density at radius 1 is 0.571 bits per heavy atom. The Morgan fingerprint density at radius 2 is 1.08 bits per heavy atom. The van der Waals surface area contributed by atoms with Crippen LogP contribution in [0, 0.1) is 10.8 Å². The van der Waals surface area contributed by atoms with Crippen molar-refractivity contribution in [1.82, 2.24) is 0 Å². The number of carbonyl (C=O) groups excluding carboxylic acids is 1. The fourth-order valence-electron chi connectivity index (χ4n) is 10.4. The van der Waals surface area contributed by atoms with Crippen molar-refractivity contribution in [2.75, 3.05) is 11.5 Å². The number of fused-ring (bicyclic) bond motifs is 6. The molecular weight excluding hydrogens is 641 g/mol. The van der Waals surface area contributed by atoms with E-state index in [1.807, 2.05) is 42.5 Å². The van der Waals surface area contributed by atoms with Crippen molar-refractivity contribution in [3.8, 4) is 11.5 Å². The van der Waals surface area contributed by atoms with Crippen LogP contribution in [0.15, 0.2) is 97.1 Å². The van der Waals surface area contributed by atoms with Gasteiger partial charge in [-0.2, -0.15) is 0 Å². The quantitative estimate of drug-likeness (QED) is 0.220. The molecule has 0 unspecified atom stereocenters. The van der Waals surface area contributed by atoms with Gasteiger partial charge < -0.3 is 10.2 Å². The molecule has 0 aromatic heterocycles. The lowest BCUT2D eigenvalue weighted by Gasteiger charge is -2.56. The third-order valence-electron chi connectivity index (χ3n) is 12.9. The molecule has 5 aliphatic rings. The van der Waals surface area contributed by atoms with Crippen LogP contribution in [-0.4, -0.2) is 31.6 Å². The molecule has 2 saturated carbocycles. The highest BCUT2D eigenvalue weighted by Crippen LogP contribution is 2.69. The lowest BCUT2D eigenvalue weighted by molar-refractivity contribution is -0.125. The Morgan fingerprint density at radius 3 is 1.67 bits per heavy atom. The summed E-state index contributed by atoms with van der Waals surface area (Å²) in [6.07, 6.45) is 8.72. The molecule has 0 radical (unpaired) electrons. The first-order valence-electron chi connectivity index (χ1n) is 18.2.